The van der Waals surface area contributed by atoms with Crippen LogP contribution in [0.2, 0.25) is 0 Å². The first-order valence-electron chi connectivity index (χ1n) is 8.98. The van der Waals surface area contributed by atoms with Gasteiger partial charge in [-0.05, 0) is 35.9 Å². The van der Waals surface area contributed by atoms with Crippen LogP contribution in [-0.2, 0) is 13.1 Å². The van der Waals surface area contributed by atoms with Crippen LogP contribution in [0.25, 0.3) is 0 Å². The van der Waals surface area contributed by atoms with Gasteiger partial charge in [0.1, 0.15) is 11.9 Å². The number of rotatable bonds is 7. The van der Waals surface area contributed by atoms with Crippen molar-refractivity contribution in [3.05, 3.63) is 77.9 Å². The average molecular weight is 367 g/mol. The van der Waals surface area contributed by atoms with Gasteiger partial charge < -0.3 is 9.47 Å². The van der Waals surface area contributed by atoms with Crippen LogP contribution in [0, 0.1) is 5.82 Å². The number of hydrogen-bond donors (Lipinski definition) is 0. The number of nitrogens with zero attached hydrogens (tertiary/aromatic N) is 3. The molecule has 2 heterocycles. The molecule has 3 aromatic rings. The zero-order chi connectivity index (χ0) is 18.6. The summed E-state index contributed by atoms with van der Waals surface area (Å²) in [5.41, 5.74) is 2.31. The Hall–Kier alpha value is -2.86. The standard InChI is InChI=1S/C21H22FN3O2/c1-26-20-8-7-16(11-17(20)13-25-10-4-9-23-25)12-24-14-18(15-24)27-21-6-3-2-5-19(21)22/h2-11,18H,12-15H2,1H3. The van der Waals surface area contributed by atoms with Gasteiger partial charge in [-0.15, -0.1) is 0 Å². The minimum atomic E-state index is -0.311. The monoisotopic (exact) mass is 367 g/mol. The Morgan fingerprint density at radius 1 is 1.07 bits per heavy atom. The summed E-state index contributed by atoms with van der Waals surface area (Å²) in [5.74, 6) is 0.876. The minimum absolute atomic E-state index is 0.0312. The summed E-state index contributed by atoms with van der Waals surface area (Å²) < 4.78 is 26.8. The van der Waals surface area contributed by atoms with Crippen molar-refractivity contribution in [1.29, 1.82) is 0 Å². The number of ether oxygens (including phenoxy) is 2. The molecule has 5 nitrogen and oxygen atoms in total. The number of methoxy groups -OCH3 is 1. The molecule has 0 atom stereocenters. The van der Waals surface area contributed by atoms with Crippen LogP contribution in [0.5, 0.6) is 11.5 Å². The van der Waals surface area contributed by atoms with E-state index in [0.29, 0.717) is 12.3 Å². The van der Waals surface area contributed by atoms with E-state index in [0.717, 1.165) is 30.9 Å². The fraction of sp³-hybridized carbons (Fsp3) is 0.286. The number of para-hydroxylation sites is 1. The lowest BCUT2D eigenvalue weighted by Gasteiger charge is -2.39. The maximum absolute atomic E-state index is 13.7. The molecular formula is C21H22FN3O2. The normalized spacial score (nSPS) is 14.7. The van der Waals surface area contributed by atoms with Crippen molar-refractivity contribution in [2.45, 2.75) is 19.2 Å². The SMILES string of the molecule is COc1ccc(CN2CC(Oc3ccccc3F)C2)cc1Cn1cccn1. The quantitative estimate of drug-likeness (QED) is 0.642. The second-order valence-electron chi connectivity index (χ2n) is 6.71. The third-order valence-electron chi connectivity index (χ3n) is 4.70. The summed E-state index contributed by atoms with van der Waals surface area (Å²) in [6.07, 6.45) is 3.74. The molecule has 0 aliphatic carbocycles. The predicted molar refractivity (Wildman–Crippen MR) is 100 cm³/mol. The molecule has 0 saturated carbocycles. The number of halogens is 1. The second-order valence-corrected chi connectivity index (χ2v) is 6.71. The molecule has 0 unspecified atom stereocenters. The molecule has 27 heavy (non-hydrogen) atoms. The van der Waals surface area contributed by atoms with Gasteiger partial charge in [-0.2, -0.15) is 5.10 Å². The first-order chi connectivity index (χ1) is 13.2. The lowest BCUT2D eigenvalue weighted by atomic mass is 10.1. The highest BCUT2D eigenvalue weighted by molar-refractivity contribution is 5.37. The van der Waals surface area contributed by atoms with Crippen molar-refractivity contribution < 1.29 is 13.9 Å². The highest BCUT2D eigenvalue weighted by atomic mass is 19.1. The summed E-state index contributed by atoms with van der Waals surface area (Å²) >= 11 is 0. The van der Waals surface area contributed by atoms with Crippen LogP contribution >= 0.6 is 0 Å². The Balaban J connectivity index is 1.36. The molecule has 1 aliphatic rings. The van der Waals surface area contributed by atoms with E-state index in [9.17, 15) is 4.39 Å². The van der Waals surface area contributed by atoms with Crippen molar-refractivity contribution in [3.63, 3.8) is 0 Å². The molecule has 0 bridgehead atoms. The largest absolute Gasteiger partial charge is 0.496 e. The molecule has 2 aromatic carbocycles. The van der Waals surface area contributed by atoms with E-state index in [1.54, 1.807) is 31.5 Å². The zero-order valence-electron chi connectivity index (χ0n) is 15.2. The zero-order valence-corrected chi connectivity index (χ0v) is 15.2. The van der Waals surface area contributed by atoms with Crippen molar-refractivity contribution in [3.8, 4) is 11.5 Å². The Morgan fingerprint density at radius 3 is 2.67 bits per heavy atom. The smallest absolute Gasteiger partial charge is 0.165 e. The Bertz CT molecular complexity index is 892. The molecule has 0 spiro atoms. The fourth-order valence-electron chi connectivity index (χ4n) is 3.33. The van der Waals surface area contributed by atoms with Crippen LogP contribution in [-0.4, -0.2) is 41.0 Å². The maximum atomic E-state index is 13.7. The first kappa shape index (κ1) is 17.5. The molecule has 0 amide bonds. The van der Waals surface area contributed by atoms with E-state index in [1.807, 2.05) is 23.0 Å². The summed E-state index contributed by atoms with van der Waals surface area (Å²) in [6.45, 7) is 3.07. The van der Waals surface area contributed by atoms with Gasteiger partial charge in [-0.3, -0.25) is 9.58 Å². The molecular weight excluding hydrogens is 345 g/mol. The van der Waals surface area contributed by atoms with Crippen molar-refractivity contribution in [1.82, 2.24) is 14.7 Å². The molecule has 1 fully saturated rings. The Morgan fingerprint density at radius 2 is 1.93 bits per heavy atom. The number of hydrogen-bond acceptors (Lipinski definition) is 4. The minimum Gasteiger partial charge on any atom is -0.496 e. The molecule has 0 N–H and O–H groups in total. The lowest BCUT2D eigenvalue weighted by Crippen LogP contribution is -2.53. The van der Waals surface area contributed by atoms with E-state index in [1.165, 1.54) is 11.6 Å². The number of benzene rings is 2. The van der Waals surface area contributed by atoms with Crippen LogP contribution in [0.4, 0.5) is 4.39 Å². The van der Waals surface area contributed by atoms with Crippen molar-refractivity contribution >= 4 is 0 Å². The van der Waals surface area contributed by atoms with E-state index >= 15 is 0 Å². The molecule has 0 radical (unpaired) electrons. The summed E-state index contributed by atoms with van der Waals surface area (Å²) in [7, 11) is 1.68. The number of aromatic nitrogens is 2. The summed E-state index contributed by atoms with van der Waals surface area (Å²) in [4.78, 5) is 2.28. The Labute approximate surface area is 157 Å². The molecule has 1 aliphatic heterocycles. The first-order valence-corrected chi connectivity index (χ1v) is 8.98. The lowest BCUT2D eigenvalue weighted by molar-refractivity contribution is 0.0123. The van der Waals surface area contributed by atoms with E-state index in [-0.39, 0.29) is 11.9 Å². The van der Waals surface area contributed by atoms with Gasteiger partial charge in [0.05, 0.1) is 13.7 Å². The van der Waals surface area contributed by atoms with Gasteiger partial charge in [0.2, 0.25) is 0 Å². The highest BCUT2D eigenvalue weighted by Gasteiger charge is 2.29. The van der Waals surface area contributed by atoms with Gasteiger partial charge in [-0.25, -0.2) is 4.39 Å². The average Bonchev–Trinajstić information content (AvgIpc) is 3.15. The second kappa shape index (κ2) is 7.80. The molecule has 4 rings (SSSR count). The molecule has 1 saturated heterocycles. The topological polar surface area (TPSA) is 39.5 Å². The summed E-state index contributed by atoms with van der Waals surface area (Å²) in [6, 6.07) is 14.7. The molecule has 140 valence electrons. The summed E-state index contributed by atoms with van der Waals surface area (Å²) in [5, 5.41) is 4.27. The maximum Gasteiger partial charge on any atom is 0.165 e. The highest BCUT2D eigenvalue weighted by Crippen LogP contribution is 2.25. The van der Waals surface area contributed by atoms with Gasteiger partial charge in [0, 0.05) is 37.6 Å². The van der Waals surface area contributed by atoms with Gasteiger partial charge in [-0.1, -0.05) is 18.2 Å². The molecule has 1 aromatic heterocycles. The fourth-order valence-corrected chi connectivity index (χ4v) is 3.33. The van der Waals surface area contributed by atoms with Crippen molar-refractivity contribution in [2.75, 3.05) is 20.2 Å². The third kappa shape index (κ3) is 4.11. The van der Waals surface area contributed by atoms with Crippen LogP contribution < -0.4 is 9.47 Å². The van der Waals surface area contributed by atoms with Crippen LogP contribution in [0.3, 0.4) is 0 Å². The number of likely N-dealkylation sites (tertiary alicyclic amines) is 1. The van der Waals surface area contributed by atoms with Crippen molar-refractivity contribution in [2.24, 2.45) is 0 Å². The van der Waals surface area contributed by atoms with E-state index in [2.05, 4.69) is 22.1 Å². The van der Waals surface area contributed by atoms with Gasteiger partial charge in [0.25, 0.3) is 0 Å². The third-order valence-corrected chi connectivity index (χ3v) is 4.70. The van der Waals surface area contributed by atoms with E-state index < -0.39 is 0 Å². The van der Waals surface area contributed by atoms with Gasteiger partial charge in [0.15, 0.2) is 11.6 Å². The Kier molecular flexibility index (Phi) is 5.07. The van der Waals surface area contributed by atoms with Crippen LogP contribution in [0.15, 0.2) is 60.9 Å². The van der Waals surface area contributed by atoms with E-state index in [4.69, 9.17) is 9.47 Å². The van der Waals surface area contributed by atoms with Crippen LogP contribution in [0.1, 0.15) is 11.1 Å². The van der Waals surface area contributed by atoms with Gasteiger partial charge >= 0.3 is 0 Å². The molecule has 6 heteroatoms. The predicted octanol–water partition coefficient (Wildman–Crippen LogP) is 3.34.